The first-order chi connectivity index (χ1) is 13.9. The fourth-order valence-corrected chi connectivity index (χ4v) is 5.23. The van der Waals surface area contributed by atoms with E-state index >= 15 is 0 Å². The quantitative estimate of drug-likeness (QED) is 0.428. The Morgan fingerprint density at radius 2 is 1.97 bits per heavy atom. The Bertz CT molecular complexity index is 1280. The lowest BCUT2D eigenvalue weighted by Gasteiger charge is -2.24. The largest absolute Gasteiger partial charge is 0.310 e. The Labute approximate surface area is 176 Å². The van der Waals surface area contributed by atoms with Gasteiger partial charge in [-0.05, 0) is 37.3 Å². The highest BCUT2D eigenvalue weighted by atomic mass is 79.9. The van der Waals surface area contributed by atoms with Gasteiger partial charge in [0.15, 0.2) is 0 Å². The van der Waals surface area contributed by atoms with Crippen molar-refractivity contribution in [1.82, 2.24) is 14.8 Å². The molecule has 29 heavy (non-hydrogen) atoms. The minimum Gasteiger partial charge on any atom is -0.310 e. The van der Waals surface area contributed by atoms with Gasteiger partial charge in [0.25, 0.3) is 0 Å². The number of hydrogen-bond donors (Lipinski definition) is 1. The van der Waals surface area contributed by atoms with Crippen molar-refractivity contribution in [2.45, 2.75) is 19.3 Å². The van der Waals surface area contributed by atoms with Gasteiger partial charge in [0, 0.05) is 27.9 Å². The number of fused-ring (bicyclic) bond motifs is 2. The summed E-state index contributed by atoms with van der Waals surface area (Å²) in [5.41, 5.74) is 1.88. The summed E-state index contributed by atoms with van der Waals surface area (Å²) in [6.45, 7) is 1.77. The molecule has 2 aromatic carbocycles. The van der Waals surface area contributed by atoms with Crippen LogP contribution in [0.3, 0.4) is 0 Å². The maximum absolute atomic E-state index is 14.5. The lowest BCUT2D eigenvalue weighted by molar-refractivity contribution is -0.116. The molecule has 0 saturated carbocycles. The maximum atomic E-state index is 14.5. The van der Waals surface area contributed by atoms with Crippen LogP contribution in [0.15, 0.2) is 40.9 Å². The minimum absolute atomic E-state index is 0.0514. The Hall–Kier alpha value is -2.65. The van der Waals surface area contributed by atoms with Crippen molar-refractivity contribution in [2.24, 2.45) is 0 Å². The second-order valence-electron chi connectivity index (χ2n) is 6.81. The van der Waals surface area contributed by atoms with Crippen molar-refractivity contribution in [3.05, 3.63) is 69.3 Å². The van der Waals surface area contributed by atoms with E-state index in [2.05, 4.69) is 31.3 Å². The zero-order chi connectivity index (χ0) is 20.3. The SMILES string of the molecule is Cc1nn(-c2nc3ccc(Br)cc3s2)c2c1[C@@H](c1c(F)cccc1F)CC(=O)N2. The van der Waals surface area contributed by atoms with Crippen molar-refractivity contribution in [3.63, 3.8) is 0 Å². The van der Waals surface area contributed by atoms with E-state index in [0.717, 1.165) is 14.7 Å². The van der Waals surface area contributed by atoms with Crippen LogP contribution in [0.25, 0.3) is 15.3 Å². The molecule has 1 aliphatic heterocycles. The van der Waals surface area contributed by atoms with Gasteiger partial charge in [-0.1, -0.05) is 33.3 Å². The van der Waals surface area contributed by atoms with Gasteiger partial charge in [-0.25, -0.2) is 13.8 Å². The first kappa shape index (κ1) is 18.4. The number of rotatable bonds is 2. The fourth-order valence-electron chi connectivity index (χ4n) is 3.75. The number of benzene rings is 2. The lowest BCUT2D eigenvalue weighted by atomic mass is 9.85. The third kappa shape index (κ3) is 2.96. The second kappa shape index (κ2) is 6.70. The molecule has 2 aromatic heterocycles. The number of anilines is 1. The normalized spacial score (nSPS) is 16.1. The van der Waals surface area contributed by atoms with E-state index in [4.69, 9.17) is 0 Å². The molecular weight excluding hydrogens is 462 g/mol. The van der Waals surface area contributed by atoms with Crippen LogP contribution in [-0.4, -0.2) is 20.7 Å². The van der Waals surface area contributed by atoms with Crippen LogP contribution < -0.4 is 5.32 Å². The molecule has 1 N–H and O–H groups in total. The van der Waals surface area contributed by atoms with Crippen molar-refractivity contribution in [1.29, 1.82) is 0 Å². The van der Waals surface area contributed by atoms with E-state index < -0.39 is 17.6 Å². The summed E-state index contributed by atoms with van der Waals surface area (Å²) in [4.78, 5) is 17.0. The monoisotopic (exact) mass is 474 g/mol. The molecule has 1 atom stereocenters. The molecule has 0 spiro atoms. The molecule has 0 bridgehead atoms. The number of aromatic nitrogens is 3. The molecule has 1 aliphatic rings. The van der Waals surface area contributed by atoms with Crippen molar-refractivity contribution in [2.75, 3.05) is 5.32 Å². The Kier molecular flexibility index (Phi) is 4.25. The van der Waals surface area contributed by atoms with E-state index in [1.807, 2.05) is 18.2 Å². The Morgan fingerprint density at radius 3 is 2.72 bits per heavy atom. The molecule has 4 aromatic rings. The first-order valence-electron chi connectivity index (χ1n) is 8.82. The number of amides is 1. The summed E-state index contributed by atoms with van der Waals surface area (Å²) >= 11 is 4.86. The van der Waals surface area contributed by atoms with Gasteiger partial charge >= 0.3 is 0 Å². The van der Waals surface area contributed by atoms with E-state index in [9.17, 15) is 13.6 Å². The van der Waals surface area contributed by atoms with E-state index in [-0.39, 0.29) is 17.9 Å². The Balaban J connectivity index is 1.71. The number of carbonyl (C=O) groups is 1. The highest BCUT2D eigenvalue weighted by Crippen LogP contribution is 2.42. The van der Waals surface area contributed by atoms with Gasteiger partial charge in [-0.2, -0.15) is 9.78 Å². The number of thiazole rings is 1. The molecule has 1 amide bonds. The molecule has 146 valence electrons. The van der Waals surface area contributed by atoms with Crippen LogP contribution >= 0.6 is 27.3 Å². The van der Waals surface area contributed by atoms with Crippen LogP contribution in [0.4, 0.5) is 14.6 Å². The minimum atomic E-state index is -0.753. The van der Waals surface area contributed by atoms with Crippen LogP contribution in [0, 0.1) is 18.6 Å². The van der Waals surface area contributed by atoms with E-state index in [1.165, 1.54) is 29.5 Å². The summed E-state index contributed by atoms with van der Waals surface area (Å²) in [7, 11) is 0. The summed E-state index contributed by atoms with van der Waals surface area (Å²) in [5.74, 6) is -2.02. The van der Waals surface area contributed by atoms with Gasteiger partial charge in [0.05, 0.1) is 15.9 Å². The number of carbonyl (C=O) groups excluding carboxylic acids is 1. The molecular formula is C20H13BrF2N4OS. The van der Waals surface area contributed by atoms with Gasteiger partial charge in [0.2, 0.25) is 11.0 Å². The van der Waals surface area contributed by atoms with Crippen LogP contribution in [0.5, 0.6) is 0 Å². The average molecular weight is 475 g/mol. The molecule has 0 saturated heterocycles. The van der Waals surface area contributed by atoms with Crippen molar-refractivity contribution in [3.8, 4) is 5.13 Å². The lowest BCUT2D eigenvalue weighted by Crippen LogP contribution is -2.26. The van der Waals surface area contributed by atoms with Crippen LogP contribution in [-0.2, 0) is 4.79 Å². The third-order valence-electron chi connectivity index (χ3n) is 4.97. The smallest absolute Gasteiger partial charge is 0.226 e. The summed E-state index contributed by atoms with van der Waals surface area (Å²) in [6, 6.07) is 9.46. The second-order valence-corrected chi connectivity index (χ2v) is 8.73. The number of aryl methyl sites for hydroxylation is 1. The first-order valence-corrected chi connectivity index (χ1v) is 10.4. The molecule has 0 unspecified atom stereocenters. The average Bonchev–Trinajstić information content (AvgIpc) is 3.22. The predicted octanol–water partition coefficient (Wildman–Crippen LogP) is 5.31. The van der Waals surface area contributed by atoms with E-state index in [1.54, 1.807) is 11.6 Å². The summed E-state index contributed by atoms with van der Waals surface area (Å²) in [6.07, 6.45) is -0.0514. The standard InChI is InChI=1S/C20H13BrF2N4OS/c1-9-17-11(18-12(22)3-2-4-13(18)23)8-16(28)25-19(17)27(26-9)20-24-14-6-5-10(21)7-15(14)29-20/h2-7,11H,8H2,1H3,(H,25,28)/t11-/m0/s1. The molecule has 3 heterocycles. The highest BCUT2D eigenvalue weighted by molar-refractivity contribution is 9.10. The molecule has 5 nitrogen and oxygen atoms in total. The third-order valence-corrected chi connectivity index (χ3v) is 6.46. The van der Waals surface area contributed by atoms with E-state index in [0.29, 0.717) is 22.2 Å². The maximum Gasteiger partial charge on any atom is 0.226 e. The van der Waals surface area contributed by atoms with Gasteiger partial charge in [-0.3, -0.25) is 4.79 Å². The summed E-state index contributed by atoms with van der Waals surface area (Å²) < 4.78 is 32.4. The number of nitrogens with zero attached hydrogens (tertiary/aromatic N) is 3. The van der Waals surface area contributed by atoms with Crippen molar-refractivity contribution < 1.29 is 13.6 Å². The van der Waals surface area contributed by atoms with Gasteiger partial charge in [-0.15, -0.1) is 0 Å². The van der Waals surface area contributed by atoms with Gasteiger partial charge in [0.1, 0.15) is 17.5 Å². The van der Waals surface area contributed by atoms with Crippen LogP contribution in [0.2, 0.25) is 0 Å². The molecule has 0 fully saturated rings. The number of nitrogens with one attached hydrogen (secondary N) is 1. The molecule has 5 rings (SSSR count). The number of hydrogen-bond acceptors (Lipinski definition) is 4. The topological polar surface area (TPSA) is 59.8 Å². The highest BCUT2D eigenvalue weighted by Gasteiger charge is 2.36. The molecule has 0 radical (unpaired) electrons. The molecule has 9 heteroatoms. The fraction of sp³-hybridized carbons (Fsp3) is 0.150. The Morgan fingerprint density at radius 1 is 1.21 bits per heavy atom. The van der Waals surface area contributed by atoms with Crippen molar-refractivity contribution >= 4 is 49.2 Å². The van der Waals surface area contributed by atoms with Gasteiger partial charge < -0.3 is 5.32 Å². The zero-order valence-corrected chi connectivity index (χ0v) is 17.4. The van der Waals surface area contributed by atoms with Crippen LogP contribution in [0.1, 0.15) is 29.2 Å². The number of halogens is 3. The zero-order valence-electron chi connectivity index (χ0n) is 15.0. The predicted molar refractivity (Wildman–Crippen MR) is 111 cm³/mol. The summed E-state index contributed by atoms with van der Waals surface area (Å²) in [5, 5.41) is 7.93. The molecule has 0 aliphatic carbocycles.